The van der Waals surface area contributed by atoms with Gasteiger partial charge in [-0.3, -0.25) is 0 Å². The van der Waals surface area contributed by atoms with Gasteiger partial charge in [0.1, 0.15) is 0 Å². The predicted molar refractivity (Wildman–Crippen MR) is 157 cm³/mol. The van der Waals surface area contributed by atoms with Gasteiger partial charge in [0.25, 0.3) is 0 Å². The van der Waals surface area contributed by atoms with E-state index in [1.807, 2.05) is 66.8 Å². The molecule has 0 atom stereocenters. The van der Waals surface area contributed by atoms with Gasteiger partial charge in [-0.25, -0.2) is 0 Å². The van der Waals surface area contributed by atoms with E-state index in [-0.39, 0.29) is 14.0 Å². The summed E-state index contributed by atoms with van der Waals surface area (Å²) in [4.78, 5) is 0. The molecule has 0 aromatic heterocycles. The first kappa shape index (κ1) is 35.4. The molecule has 36 heavy (non-hydrogen) atoms. The second kappa shape index (κ2) is 30.2. The van der Waals surface area contributed by atoms with Crippen molar-refractivity contribution in [2.75, 3.05) is 38.9 Å². The summed E-state index contributed by atoms with van der Waals surface area (Å²) in [7, 11) is 0. The average molecular weight is 517 g/mol. The number of hydrogen-bond acceptors (Lipinski definition) is 4. The molecule has 5 heteroatoms. The van der Waals surface area contributed by atoms with Crippen LogP contribution in [-0.4, -0.2) is 44.0 Å². The molecule has 0 saturated heterocycles. The Morgan fingerprint density at radius 3 is 1.64 bits per heavy atom. The lowest BCUT2D eigenvalue weighted by molar-refractivity contribution is 0.148. The Morgan fingerprint density at radius 1 is 0.694 bits per heavy atom. The van der Waals surface area contributed by atoms with E-state index in [4.69, 9.17) is 30.9 Å². The normalized spacial score (nSPS) is 9.83. The van der Waals surface area contributed by atoms with Crippen molar-refractivity contribution in [2.24, 2.45) is 0 Å². The molecule has 0 bridgehead atoms. The number of unbranched alkanes of at least 4 members (excludes halogenated alkanes) is 2. The number of halogens is 1. The molecule has 0 aliphatic carbocycles. The molecule has 200 valence electrons. The van der Waals surface area contributed by atoms with Crippen LogP contribution in [-0.2, 0) is 14.2 Å². The van der Waals surface area contributed by atoms with Gasteiger partial charge in [0.2, 0.25) is 0 Å². The second-order valence-electron chi connectivity index (χ2n) is 7.07. The van der Waals surface area contributed by atoms with E-state index in [0.717, 1.165) is 38.9 Å². The lowest BCUT2D eigenvalue weighted by Gasteiger charge is -2.01. The van der Waals surface area contributed by atoms with Gasteiger partial charge in [-0.15, -0.1) is 11.6 Å². The molecule has 0 amide bonds. The molecule has 4 nitrogen and oxygen atoms in total. The fourth-order valence-electron chi connectivity index (χ4n) is 2.50. The van der Waals surface area contributed by atoms with Crippen molar-refractivity contribution in [3.63, 3.8) is 0 Å². The monoisotopic (exact) mass is 516 g/mol. The first-order valence-corrected chi connectivity index (χ1v) is 12.4. The van der Waals surface area contributed by atoms with Crippen LogP contribution >= 0.6 is 11.6 Å². The maximum absolute atomic E-state index is 8.28. The number of hydrogen-bond donors (Lipinski definition) is 1. The first-order valence-electron chi connectivity index (χ1n) is 11.9. The van der Waals surface area contributed by atoms with Crippen LogP contribution in [0.3, 0.4) is 0 Å². The van der Waals surface area contributed by atoms with E-state index in [1.54, 1.807) is 0 Å². The van der Waals surface area contributed by atoms with E-state index >= 15 is 0 Å². The number of benzene rings is 2. The SMILES string of the molecule is C.C=COCCCCO.C=COCCCCOC/C=C/c1ccccc1.ClC/C=C/c1ccccc1. The predicted octanol–water partition coefficient (Wildman–Crippen LogP) is 8.15. The summed E-state index contributed by atoms with van der Waals surface area (Å²) in [6, 6.07) is 20.3. The Hall–Kier alpha value is -2.79. The zero-order valence-corrected chi connectivity index (χ0v) is 21.5. The standard InChI is InChI=1S/C15H20O2.C9H9Cl.C6H12O2.CH4/c1-2-16-12-6-7-13-17-14-8-11-15-9-4-3-5-10-15;10-8-4-7-9-5-2-1-3-6-9;1-2-8-6-4-3-5-7;/h2-5,8-11H,1,6-7,12-14H2;1-7H,8H2;2,7H,1,3-6H2;1H4/b11-8+;7-4+;;. The van der Waals surface area contributed by atoms with E-state index in [2.05, 4.69) is 31.4 Å². The van der Waals surface area contributed by atoms with Crippen molar-refractivity contribution in [3.05, 3.63) is 110 Å². The molecular weight excluding hydrogens is 472 g/mol. The lowest BCUT2D eigenvalue weighted by atomic mass is 10.2. The van der Waals surface area contributed by atoms with E-state index in [0.29, 0.717) is 19.1 Å². The van der Waals surface area contributed by atoms with E-state index in [1.165, 1.54) is 23.7 Å². The van der Waals surface area contributed by atoms with E-state index < -0.39 is 0 Å². The van der Waals surface area contributed by atoms with Gasteiger partial charge in [-0.05, 0) is 36.8 Å². The summed E-state index contributed by atoms with van der Waals surface area (Å²) >= 11 is 5.46. The molecule has 0 saturated carbocycles. The maximum atomic E-state index is 8.28. The largest absolute Gasteiger partial charge is 0.502 e. The van der Waals surface area contributed by atoms with Gasteiger partial charge in [0.05, 0.1) is 32.3 Å². The number of alkyl halides is 1. The van der Waals surface area contributed by atoms with Crippen molar-refractivity contribution in [3.8, 4) is 0 Å². The summed E-state index contributed by atoms with van der Waals surface area (Å²) in [5, 5.41) is 8.28. The Kier molecular flexibility index (Phi) is 29.7. The quantitative estimate of drug-likeness (QED) is 0.139. The summed E-state index contributed by atoms with van der Waals surface area (Å²) in [6.45, 7) is 9.95. The minimum Gasteiger partial charge on any atom is -0.502 e. The summed E-state index contributed by atoms with van der Waals surface area (Å²) in [5.41, 5.74) is 2.40. The van der Waals surface area contributed by atoms with Crippen molar-refractivity contribution in [1.82, 2.24) is 0 Å². The van der Waals surface area contributed by atoms with Crippen LogP contribution in [0.25, 0.3) is 12.2 Å². The minimum atomic E-state index is 0. The molecule has 0 unspecified atom stereocenters. The molecule has 2 aromatic carbocycles. The van der Waals surface area contributed by atoms with Crippen LogP contribution in [0.5, 0.6) is 0 Å². The smallest absolute Gasteiger partial charge is 0.0873 e. The third-order valence-electron chi connectivity index (χ3n) is 4.23. The zero-order valence-electron chi connectivity index (χ0n) is 20.8. The molecule has 1 N–H and O–H groups in total. The molecule has 0 spiro atoms. The lowest BCUT2D eigenvalue weighted by Crippen LogP contribution is -1.96. The molecule has 0 aliphatic heterocycles. The van der Waals surface area contributed by atoms with Crippen molar-refractivity contribution in [1.29, 1.82) is 0 Å². The molecule has 0 radical (unpaired) electrons. The molecule has 0 heterocycles. The highest BCUT2D eigenvalue weighted by Crippen LogP contribution is 2.01. The Balaban J connectivity index is 0. The Labute approximate surface area is 224 Å². The topological polar surface area (TPSA) is 47.9 Å². The molecule has 2 rings (SSSR count). The summed E-state index contributed by atoms with van der Waals surface area (Å²) in [5.74, 6) is 0.578. The Bertz CT molecular complexity index is 761. The highest BCUT2D eigenvalue weighted by molar-refractivity contribution is 6.19. The molecular formula is C31H45ClO4. The average Bonchev–Trinajstić information content (AvgIpc) is 2.91. The zero-order chi connectivity index (χ0) is 25.7. The first-order chi connectivity index (χ1) is 17.3. The van der Waals surface area contributed by atoms with Crippen molar-refractivity contribution >= 4 is 23.8 Å². The van der Waals surface area contributed by atoms with Gasteiger partial charge in [-0.2, -0.15) is 0 Å². The van der Waals surface area contributed by atoms with Gasteiger partial charge < -0.3 is 19.3 Å². The van der Waals surface area contributed by atoms with Gasteiger partial charge >= 0.3 is 0 Å². The van der Waals surface area contributed by atoms with Crippen LogP contribution in [0, 0.1) is 0 Å². The maximum Gasteiger partial charge on any atom is 0.0873 e. The summed E-state index contributed by atoms with van der Waals surface area (Å²) < 4.78 is 15.3. The van der Waals surface area contributed by atoms with Crippen LogP contribution in [0.15, 0.2) is 98.5 Å². The van der Waals surface area contributed by atoms with Crippen molar-refractivity contribution < 1.29 is 19.3 Å². The highest BCUT2D eigenvalue weighted by atomic mass is 35.5. The summed E-state index contributed by atoms with van der Waals surface area (Å²) in [6.07, 6.45) is 14.7. The van der Waals surface area contributed by atoms with Gasteiger partial charge in [-0.1, -0.05) is 106 Å². The van der Waals surface area contributed by atoms with Crippen molar-refractivity contribution in [2.45, 2.75) is 33.1 Å². The fourth-order valence-corrected chi connectivity index (χ4v) is 2.59. The van der Waals surface area contributed by atoms with Crippen LogP contribution in [0.4, 0.5) is 0 Å². The molecule has 0 fully saturated rings. The fraction of sp³-hybridized carbons (Fsp3) is 0.355. The molecule has 0 aliphatic rings. The number of rotatable bonds is 16. The van der Waals surface area contributed by atoms with Gasteiger partial charge in [0, 0.05) is 19.1 Å². The van der Waals surface area contributed by atoms with E-state index in [9.17, 15) is 0 Å². The third-order valence-corrected chi connectivity index (χ3v) is 4.41. The number of aliphatic hydroxyl groups excluding tert-OH is 1. The number of ether oxygens (including phenoxy) is 3. The highest BCUT2D eigenvalue weighted by Gasteiger charge is 1.88. The third kappa shape index (κ3) is 25.8. The number of aliphatic hydroxyl groups is 1. The number of allylic oxidation sites excluding steroid dienone is 1. The molecule has 2 aromatic rings. The van der Waals surface area contributed by atoms with Crippen LogP contribution in [0.2, 0.25) is 0 Å². The van der Waals surface area contributed by atoms with Gasteiger partial charge in [0.15, 0.2) is 0 Å². The van der Waals surface area contributed by atoms with Crippen LogP contribution < -0.4 is 0 Å². The Morgan fingerprint density at radius 2 is 1.17 bits per heavy atom. The van der Waals surface area contributed by atoms with Crippen LogP contribution in [0.1, 0.15) is 44.2 Å². The minimum absolute atomic E-state index is 0. The second-order valence-corrected chi connectivity index (χ2v) is 7.38.